The lowest BCUT2D eigenvalue weighted by atomic mass is 9.95. The first-order valence-corrected chi connectivity index (χ1v) is 7.08. The Morgan fingerprint density at radius 3 is 2.40 bits per heavy atom. The van der Waals surface area contributed by atoms with Gasteiger partial charge in [-0.3, -0.25) is 0 Å². The van der Waals surface area contributed by atoms with Crippen LogP contribution in [-0.2, 0) is 10.2 Å². The lowest BCUT2D eigenvalue weighted by Crippen LogP contribution is -2.25. The Balaban J connectivity index is 3.10. The van der Waals surface area contributed by atoms with Gasteiger partial charge in [0.15, 0.2) is 0 Å². The van der Waals surface area contributed by atoms with Crippen molar-refractivity contribution in [2.75, 3.05) is 44.6 Å². The van der Waals surface area contributed by atoms with Crippen LogP contribution >= 0.6 is 0 Å². The van der Waals surface area contributed by atoms with Crippen LogP contribution in [0.15, 0.2) is 0 Å². The van der Waals surface area contributed by atoms with E-state index < -0.39 is 0 Å². The van der Waals surface area contributed by atoms with Crippen molar-refractivity contribution in [2.24, 2.45) is 0 Å². The Morgan fingerprint density at radius 1 is 1.25 bits per heavy atom. The Hall–Kier alpha value is -1.36. The smallest absolute Gasteiger partial charge is 0.138 e. The van der Waals surface area contributed by atoms with Gasteiger partial charge >= 0.3 is 0 Å². The van der Waals surface area contributed by atoms with Gasteiger partial charge in [0, 0.05) is 45.3 Å². The van der Waals surface area contributed by atoms with E-state index in [9.17, 15) is 0 Å². The monoisotopic (exact) mass is 280 g/mol. The van der Waals surface area contributed by atoms with E-state index in [1.165, 1.54) is 0 Å². The zero-order chi connectivity index (χ0) is 15.3. The Morgan fingerprint density at radius 2 is 1.90 bits per heavy atom. The van der Waals surface area contributed by atoms with Crippen LogP contribution in [0.2, 0.25) is 0 Å². The zero-order valence-corrected chi connectivity index (χ0v) is 13.9. The molecule has 0 bridgehead atoms. The van der Waals surface area contributed by atoms with Crippen molar-refractivity contribution in [1.82, 2.24) is 9.97 Å². The summed E-state index contributed by atoms with van der Waals surface area (Å²) in [4.78, 5) is 11.6. The molecule has 0 radical (unpaired) electrons. The summed E-state index contributed by atoms with van der Waals surface area (Å²) in [5.74, 6) is 2.75. The van der Waals surface area contributed by atoms with Crippen LogP contribution in [0.3, 0.4) is 0 Å². The van der Waals surface area contributed by atoms with Crippen molar-refractivity contribution in [3.8, 4) is 0 Å². The third-order valence-corrected chi connectivity index (χ3v) is 3.23. The van der Waals surface area contributed by atoms with Crippen LogP contribution in [0.1, 0.15) is 38.6 Å². The molecule has 5 nitrogen and oxygen atoms in total. The molecule has 0 fully saturated rings. The first-order valence-electron chi connectivity index (χ1n) is 7.08. The Labute approximate surface area is 122 Å². The summed E-state index contributed by atoms with van der Waals surface area (Å²) in [5.41, 5.74) is 1.02. The lowest BCUT2D eigenvalue weighted by Gasteiger charge is -2.25. The molecular formula is C15H28N4O. The van der Waals surface area contributed by atoms with E-state index in [2.05, 4.69) is 49.9 Å². The summed E-state index contributed by atoms with van der Waals surface area (Å²) in [6.07, 6.45) is 0.982. The summed E-state index contributed by atoms with van der Waals surface area (Å²) < 4.78 is 5.11. The van der Waals surface area contributed by atoms with Gasteiger partial charge in [0.2, 0.25) is 0 Å². The molecule has 0 saturated carbocycles. The fourth-order valence-corrected chi connectivity index (χ4v) is 2.01. The van der Waals surface area contributed by atoms with E-state index in [1.807, 2.05) is 7.05 Å². The molecule has 1 N–H and O–H groups in total. The van der Waals surface area contributed by atoms with Crippen molar-refractivity contribution in [3.05, 3.63) is 11.4 Å². The van der Waals surface area contributed by atoms with E-state index >= 15 is 0 Å². The minimum absolute atomic E-state index is 0.0680. The predicted octanol–water partition coefficient (Wildman–Crippen LogP) is 2.60. The molecule has 0 atom stereocenters. The van der Waals surface area contributed by atoms with Crippen LogP contribution in [0, 0.1) is 6.92 Å². The second kappa shape index (κ2) is 6.88. The zero-order valence-electron chi connectivity index (χ0n) is 13.9. The summed E-state index contributed by atoms with van der Waals surface area (Å²) in [7, 11) is 5.69. The van der Waals surface area contributed by atoms with Gasteiger partial charge in [0.05, 0.1) is 0 Å². The van der Waals surface area contributed by atoms with Crippen LogP contribution in [0.25, 0.3) is 0 Å². The van der Waals surface area contributed by atoms with Gasteiger partial charge in [-0.25, -0.2) is 9.97 Å². The maximum absolute atomic E-state index is 5.11. The molecule has 0 aliphatic carbocycles. The second-order valence-electron chi connectivity index (χ2n) is 6.11. The molecular weight excluding hydrogens is 252 g/mol. The lowest BCUT2D eigenvalue weighted by molar-refractivity contribution is 0.196. The van der Waals surface area contributed by atoms with Crippen molar-refractivity contribution >= 4 is 11.6 Å². The summed E-state index contributed by atoms with van der Waals surface area (Å²) in [6.45, 7) is 10.1. The van der Waals surface area contributed by atoms with Crippen molar-refractivity contribution in [2.45, 2.75) is 39.5 Å². The third kappa shape index (κ3) is 4.07. The molecule has 1 heterocycles. The molecule has 5 heteroatoms. The summed E-state index contributed by atoms with van der Waals surface area (Å²) in [6, 6.07) is 0. The standard InChI is InChI=1S/C15H28N4O/c1-11-12(16-5)17-14(15(2,3)4)18-13(11)19(6)9-8-10-20-7/h8-10H2,1-7H3,(H,16,17,18). The van der Waals surface area contributed by atoms with Crippen LogP contribution in [0.5, 0.6) is 0 Å². The minimum atomic E-state index is -0.0680. The highest BCUT2D eigenvalue weighted by atomic mass is 16.5. The maximum Gasteiger partial charge on any atom is 0.138 e. The molecule has 0 saturated heterocycles. The Bertz CT molecular complexity index is 440. The first-order chi connectivity index (χ1) is 9.31. The Kier molecular flexibility index (Phi) is 5.74. The highest BCUT2D eigenvalue weighted by molar-refractivity contribution is 5.58. The highest BCUT2D eigenvalue weighted by Crippen LogP contribution is 2.27. The molecule has 20 heavy (non-hydrogen) atoms. The molecule has 0 aromatic carbocycles. The number of aromatic nitrogens is 2. The van der Waals surface area contributed by atoms with E-state index in [0.29, 0.717) is 0 Å². The first kappa shape index (κ1) is 16.7. The molecule has 0 spiro atoms. The number of hydrogen-bond donors (Lipinski definition) is 1. The summed E-state index contributed by atoms with van der Waals surface area (Å²) in [5, 5.41) is 3.17. The fourth-order valence-electron chi connectivity index (χ4n) is 2.01. The summed E-state index contributed by atoms with van der Waals surface area (Å²) >= 11 is 0. The van der Waals surface area contributed by atoms with Crippen LogP contribution < -0.4 is 10.2 Å². The molecule has 1 aromatic heterocycles. The van der Waals surface area contributed by atoms with Gasteiger partial charge in [-0.15, -0.1) is 0 Å². The number of nitrogens with zero attached hydrogens (tertiary/aromatic N) is 3. The second-order valence-corrected chi connectivity index (χ2v) is 6.11. The van der Waals surface area contributed by atoms with Gasteiger partial charge in [0.1, 0.15) is 17.5 Å². The fraction of sp³-hybridized carbons (Fsp3) is 0.733. The molecule has 1 rings (SSSR count). The molecule has 114 valence electrons. The normalized spacial score (nSPS) is 11.6. The molecule has 0 aliphatic rings. The topological polar surface area (TPSA) is 50.3 Å². The van der Waals surface area contributed by atoms with Gasteiger partial charge in [0.25, 0.3) is 0 Å². The van der Waals surface area contributed by atoms with Crippen LogP contribution in [-0.4, -0.2) is 44.3 Å². The molecule has 1 aromatic rings. The van der Waals surface area contributed by atoms with Crippen molar-refractivity contribution in [3.63, 3.8) is 0 Å². The number of methoxy groups -OCH3 is 1. The maximum atomic E-state index is 5.11. The molecule has 0 unspecified atom stereocenters. The third-order valence-electron chi connectivity index (χ3n) is 3.23. The van der Waals surface area contributed by atoms with Gasteiger partial charge in [-0.1, -0.05) is 20.8 Å². The predicted molar refractivity (Wildman–Crippen MR) is 84.8 cm³/mol. The number of nitrogens with one attached hydrogen (secondary N) is 1. The highest BCUT2D eigenvalue weighted by Gasteiger charge is 2.22. The van der Waals surface area contributed by atoms with Gasteiger partial charge in [-0.2, -0.15) is 0 Å². The number of rotatable bonds is 6. The van der Waals surface area contributed by atoms with E-state index in [4.69, 9.17) is 9.72 Å². The van der Waals surface area contributed by atoms with E-state index in [1.54, 1.807) is 7.11 Å². The largest absolute Gasteiger partial charge is 0.385 e. The number of anilines is 2. The van der Waals surface area contributed by atoms with Gasteiger partial charge in [-0.05, 0) is 13.3 Å². The quantitative estimate of drug-likeness (QED) is 0.812. The average molecular weight is 280 g/mol. The van der Waals surface area contributed by atoms with Crippen LogP contribution in [0.4, 0.5) is 11.6 Å². The SMILES string of the molecule is CNc1nc(C(C)(C)C)nc(N(C)CCCOC)c1C. The van der Waals surface area contributed by atoms with Crippen molar-refractivity contribution < 1.29 is 4.74 Å². The van der Waals surface area contributed by atoms with E-state index in [-0.39, 0.29) is 5.41 Å². The molecule has 0 aliphatic heterocycles. The average Bonchev–Trinajstić information content (AvgIpc) is 2.37. The van der Waals surface area contributed by atoms with Gasteiger partial charge < -0.3 is 15.0 Å². The molecule has 0 amide bonds. The number of ether oxygens (including phenoxy) is 1. The van der Waals surface area contributed by atoms with E-state index in [0.717, 1.165) is 42.6 Å². The van der Waals surface area contributed by atoms with Crippen molar-refractivity contribution in [1.29, 1.82) is 0 Å². The minimum Gasteiger partial charge on any atom is -0.385 e. The number of hydrogen-bond acceptors (Lipinski definition) is 5.